The highest BCUT2D eigenvalue weighted by Gasteiger charge is 2.22. The molecule has 0 saturated carbocycles. The minimum Gasteiger partial charge on any atom is -0.298 e. The van der Waals surface area contributed by atoms with E-state index in [0.29, 0.717) is 5.13 Å². The number of nitrogens with one attached hydrogen (secondary N) is 1. The summed E-state index contributed by atoms with van der Waals surface area (Å²) in [4.78, 5) is 29.2. The fraction of sp³-hybridized carbons (Fsp3) is 0.120. The zero-order chi connectivity index (χ0) is 23.4. The largest absolute Gasteiger partial charge is 0.298 e. The Kier molecular flexibility index (Phi) is 6.82. The Morgan fingerprint density at radius 3 is 2.36 bits per heavy atom. The van der Waals surface area contributed by atoms with Crippen LogP contribution in [0.4, 0.5) is 10.8 Å². The van der Waals surface area contributed by atoms with Crippen molar-refractivity contribution < 1.29 is 9.72 Å². The third-order valence-corrected chi connectivity index (χ3v) is 6.33. The molecular formula is C25H20ClN3O3S. The third-order valence-electron chi connectivity index (χ3n) is 5.06. The highest BCUT2D eigenvalue weighted by atomic mass is 35.5. The van der Waals surface area contributed by atoms with Crippen LogP contribution in [0.3, 0.4) is 0 Å². The second-order valence-electron chi connectivity index (χ2n) is 7.36. The molecule has 1 amide bonds. The Balaban J connectivity index is 1.63. The van der Waals surface area contributed by atoms with Crippen LogP contribution in [-0.4, -0.2) is 15.8 Å². The number of amides is 1. The van der Waals surface area contributed by atoms with Crippen molar-refractivity contribution in [3.05, 3.63) is 98.4 Å². The van der Waals surface area contributed by atoms with E-state index in [1.54, 1.807) is 0 Å². The van der Waals surface area contributed by atoms with Crippen molar-refractivity contribution in [2.45, 2.75) is 19.8 Å². The average molecular weight is 478 g/mol. The first kappa shape index (κ1) is 22.6. The smallest absolute Gasteiger partial charge is 0.282 e. The summed E-state index contributed by atoms with van der Waals surface area (Å²) in [5.74, 6) is -0.619. The van der Waals surface area contributed by atoms with E-state index in [9.17, 15) is 14.9 Å². The van der Waals surface area contributed by atoms with Crippen molar-refractivity contribution in [3.63, 3.8) is 0 Å². The number of nitro groups is 1. The van der Waals surface area contributed by atoms with Crippen LogP contribution in [0.5, 0.6) is 0 Å². The van der Waals surface area contributed by atoms with E-state index in [1.165, 1.54) is 29.5 Å². The van der Waals surface area contributed by atoms with E-state index in [2.05, 4.69) is 29.4 Å². The van der Waals surface area contributed by atoms with Crippen LogP contribution in [0.1, 0.15) is 28.6 Å². The molecule has 1 aromatic heterocycles. The number of halogens is 1. The Morgan fingerprint density at radius 1 is 1.03 bits per heavy atom. The second-order valence-corrected chi connectivity index (χ2v) is 8.88. The number of rotatable bonds is 7. The lowest BCUT2D eigenvalue weighted by Crippen LogP contribution is -2.13. The summed E-state index contributed by atoms with van der Waals surface area (Å²) in [6.45, 7) is 2.08. The second kappa shape index (κ2) is 9.94. The number of nitro benzene ring substituents is 1. The first-order valence-corrected chi connectivity index (χ1v) is 11.6. The van der Waals surface area contributed by atoms with Crippen LogP contribution >= 0.6 is 22.9 Å². The number of anilines is 1. The summed E-state index contributed by atoms with van der Waals surface area (Å²) < 4.78 is 0. The molecule has 4 aromatic rings. The predicted octanol–water partition coefficient (Wildman–Crippen LogP) is 7.24. The van der Waals surface area contributed by atoms with Crippen LogP contribution in [0, 0.1) is 10.1 Å². The average Bonchev–Trinajstić information content (AvgIpc) is 3.21. The number of carbonyl (C=O) groups is 1. The van der Waals surface area contributed by atoms with Gasteiger partial charge in [0, 0.05) is 21.5 Å². The van der Waals surface area contributed by atoms with Gasteiger partial charge in [-0.2, -0.15) is 0 Å². The molecule has 8 heteroatoms. The van der Waals surface area contributed by atoms with Crippen LogP contribution in [0.25, 0.3) is 22.4 Å². The molecule has 0 fully saturated rings. The fourth-order valence-electron chi connectivity index (χ4n) is 3.49. The van der Waals surface area contributed by atoms with Crippen molar-refractivity contribution in [2.75, 3.05) is 5.32 Å². The summed E-state index contributed by atoms with van der Waals surface area (Å²) in [5, 5.41) is 14.7. The SMILES string of the molecule is CCCc1sc(NC(=O)c2cc(Cl)ccc2[N+](=O)[O-])nc1-c1ccc(-c2ccccc2)cc1. The molecule has 0 bridgehead atoms. The minimum atomic E-state index is -0.619. The topological polar surface area (TPSA) is 85.1 Å². The molecule has 33 heavy (non-hydrogen) atoms. The standard InChI is InChI=1S/C25H20ClN3O3S/c1-2-6-22-23(18-11-9-17(10-12-18)16-7-4-3-5-8-16)27-25(33-22)28-24(30)20-15-19(26)13-14-21(20)29(31)32/h3-5,7-15H,2,6H2,1H3,(H,27,28,30). The van der Waals surface area contributed by atoms with Gasteiger partial charge in [0.05, 0.1) is 10.6 Å². The molecule has 0 aliphatic rings. The molecule has 0 saturated heterocycles. The first-order chi connectivity index (χ1) is 16.0. The maximum absolute atomic E-state index is 12.8. The lowest BCUT2D eigenvalue weighted by atomic mass is 10.0. The van der Waals surface area contributed by atoms with E-state index in [-0.39, 0.29) is 16.3 Å². The van der Waals surface area contributed by atoms with Crippen molar-refractivity contribution in [2.24, 2.45) is 0 Å². The molecular weight excluding hydrogens is 458 g/mol. The van der Waals surface area contributed by atoms with Gasteiger partial charge < -0.3 is 0 Å². The van der Waals surface area contributed by atoms with Gasteiger partial charge in [-0.25, -0.2) is 4.98 Å². The molecule has 1 heterocycles. The van der Waals surface area contributed by atoms with Crippen LogP contribution < -0.4 is 5.32 Å². The number of nitrogens with zero attached hydrogens (tertiary/aromatic N) is 2. The Bertz CT molecular complexity index is 1300. The van der Waals surface area contributed by atoms with E-state index in [1.807, 2.05) is 42.5 Å². The molecule has 0 aliphatic heterocycles. The maximum atomic E-state index is 12.8. The molecule has 0 unspecified atom stereocenters. The summed E-state index contributed by atoms with van der Waals surface area (Å²) in [7, 11) is 0. The Labute approximate surface area is 200 Å². The maximum Gasteiger partial charge on any atom is 0.282 e. The van der Waals surface area contributed by atoms with Gasteiger partial charge in [-0.15, -0.1) is 11.3 Å². The predicted molar refractivity (Wildman–Crippen MR) is 133 cm³/mol. The number of hydrogen-bond donors (Lipinski definition) is 1. The fourth-order valence-corrected chi connectivity index (χ4v) is 4.74. The van der Waals surface area contributed by atoms with Crippen LogP contribution in [-0.2, 0) is 6.42 Å². The van der Waals surface area contributed by atoms with Gasteiger partial charge in [0.15, 0.2) is 5.13 Å². The monoisotopic (exact) mass is 477 g/mol. The summed E-state index contributed by atoms with van der Waals surface area (Å²) in [6.07, 6.45) is 1.73. The summed E-state index contributed by atoms with van der Waals surface area (Å²) in [5.41, 5.74) is 3.58. The molecule has 3 aromatic carbocycles. The van der Waals surface area contributed by atoms with E-state index >= 15 is 0 Å². The summed E-state index contributed by atoms with van der Waals surface area (Å²) in [6, 6.07) is 22.1. The van der Waals surface area contributed by atoms with Crippen molar-refractivity contribution in [1.29, 1.82) is 0 Å². The number of aromatic nitrogens is 1. The van der Waals surface area contributed by atoms with E-state index in [4.69, 9.17) is 11.6 Å². The van der Waals surface area contributed by atoms with Crippen molar-refractivity contribution in [1.82, 2.24) is 4.98 Å². The van der Waals surface area contributed by atoms with Crippen LogP contribution in [0.15, 0.2) is 72.8 Å². The molecule has 4 rings (SSSR count). The number of aryl methyl sites for hydroxylation is 1. The Hall–Kier alpha value is -3.55. The first-order valence-electron chi connectivity index (χ1n) is 10.4. The number of thiazole rings is 1. The zero-order valence-electron chi connectivity index (χ0n) is 17.7. The van der Waals surface area contributed by atoms with Gasteiger partial charge in [0.1, 0.15) is 5.56 Å². The molecule has 0 radical (unpaired) electrons. The molecule has 0 spiro atoms. The van der Waals surface area contributed by atoms with Crippen LogP contribution in [0.2, 0.25) is 5.02 Å². The quantitative estimate of drug-likeness (QED) is 0.224. The lowest BCUT2D eigenvalue weighted by molar-refractivity contribution is -0.385. The highest BCUT2D eigenvalue weighted by Crippen LogP contribution is 2.34. The molecule has 166 valence electrons. The van der Waals surface area contributed by atoms with Gasteiger partial charge >= 0.3 is 0 Å². The van der Waals surface area contributed by atoms with Gasteiger partial charge in [-0.1, -0.05) is 79.5 Å². The van der Waals surface area contributed by atoms with Gasteiger partial charge in [-0.05, 0) is 29.7 Å². The number of carbonyl (C=O) groups excluding carboxylic acids is 1. The Morgan fingerprint density at radius 2 is 1.70 bits per heavy atom. The molecule has 1 N–H and O–H groups in total. The number of benzene rings is 3. The normalized spacial score (nSPS) is 10.7. The lowest BCUT2D eigenvalue weighted by Gasteiger charge is -2.05. The minimum absolute atomic E-state index is 0.103. The highest BCUT2D eigenvalue weighted by molar-refractivity contribution is 7.16. The van der Waals surface area contributed by atoms with E-state index in [0.717, 1.165) is 40.1 Å². The van der Waals surface area contributed by atoms with Gasteiger partial charge in [0.2, 0.25) is 0 Å². The van der Waals surface area contributed by atoms with Crippen molar-refractivity contribution in [3.8, 4) is 22.4 Å². The van der Waals surface area contributed by atoms with Gasteiger partial charge in [-0.3, -0.25) is 20.2 Å². The molecule has 0 aliphatic carbocycles. The number of hydrogen-bond acceptors (Lipinski definition) is 5. The third kappa shape index (κ3) is 5.10. The van der Waals surface area contributed by atoms with E-state index < -0.39 is 10.8 Å². The molecule has 0 atom stereocenters. The zero-order valence-corrected chi connectivity index (χ0v) is 19.3. The van der Waals surface area contributed by atoms with Crippen molar-refractivity contribution >= 4 is 39.7 Å². The summed E-state index contributed by atoms with van der Waals surface area (Å²) >= 11 is 7.34. The van der Waals surface area contributed by atoms with Gasteiger partial charge in [0.25, 0.3) is 11.6 Å². The molecule has 6 nitrogen and oxygen atoms in total.